The smallest absolute Gasteiger partial charge is 0.139 e. The quantitative estimate of drug-likeness (QED) is 0.670. The van der Waals surface area contributed by atoms with Crippen LogP contribution in [0.3, 0.4) is 0 Å². The van der Waals surface area contributed by atoms with Gasteiger partial charge in [-0.1, -0.05) is 0 Å². The summed E-state index contributed by atoms with van der Waals surface area (Å²) < 4.78 is 20.8. The molecule has 1 fully saturated rings. The molecule has 70 valence electrons. The maximum atomic E-state index is 10.4. The van der Waals surface area contributed by atoms with Crippen LogP contribution in [0.2, 0.25) is 0 Å². The second kappa shape index (κ2) is 3.51. The van der Waals surface area contributed by atoms with Gasteiger partial charge in [0.1, 0.15) is 5.82 Å². The summed E-state index contributed by atoms with van der Waals surface area (Å²) in [5.41, 5.74) is 0.982. The molecule has 4 nitrogen and oxygen atoms in total. The molecule has 1 heterocycles. The topological polar surface area (TPSA) is 65.9 Å². The van der Waals surface area contributed by atoms with Crippen molar-refractivity contribution in [1.29, 1.82) is 0 Å². The van der Waals surface area contributed by atoms with Gasteiger partial charge in [-0.05, 0) is 30.0 Å². The molecule has 1 unspecified atom stereocenters. The summed E-state index contributed by atoms with van der Waals surface area (Å²) in [7, 11) is 0. The van der Waals surface area contributed by atoms with E-state index in [1.54, 1.807) is 6.20 Å². The third-order valence-electron chi connectivity index (χ3n) is 1.97. The fourth-order valence-corrected chi connectivity index (χ4v) is 1.55. The number of hydrogen-bond donors (Lipinski definition) is 0. The van der Waals surface area contributed by atoms with Crippen LogP contribution in [0.15, 0.2) is 12.3 Å². The third kappa shape index (κ3) is 2.32. The lowest BCUT2D eigenvalue weighted by molar-refractivity contribution is 0.534. The molecule has 1 aromatic rings. The summed E-state index contributed by atoms with van der Waals surface area (Å²) in [4.78, 5) is 8.06. The molecule has 0 spiro atoms. The number of nitrogens with zero attached hydrogens (tertiary/aromatic N) is 2. The Kier molecular flexibility index (Phi) is 2.37. The van der Waals surface area contributed by atoms with E-state index < -0.39 is 11.1 Å². The van der Waals surface area contributed by atoms with Crippen molar-refractivity contribution in [3.05, 3.63) is 23.8 Å². The molecule has 2 rings (SSSR count). The first kappa shape index (κ1) is 8.77. The third-order valence-corrected chi connectivity index (χ3v) is 2.46. The SMILES string of the molecule is O=S([O-])Cc1nccc(C2CC2)n1. The molecule has 0 bridgehead atoms. The zero-order valence-corrected chi connectivity index (χ0v) is 7.79. The average molecular weight is 197 g/mol. The van der Waals surface area contributed by atoms with Crippen LogP contribution in [0.25, 0.3) is 0 Å². The minimum atomic E-state index is -2.09. The lowest BCUT2D eigenvalue weighted by Crippen LogP contribution is -2.01. The molecule has 0 aromatic carbocycles. The predicted molar refractivity (Wildman–Crippen MR) is 46.6 cm³/mol. The lowest BCUT2D eigenvalue weighted by atomic mass is 10.3. The van der Waals surface area contributed by atoms with Gasteiger partial charge in [-0.2, -0.15) is 0 Å². The summed E-state index contributed by atoms with van der Waals surface area (Å²) in [6, 6.07) is 1.86. The largest absolute Gasteiger partial charge is 0.772 e. The Morgan fingerprint density at radius 2 is 2.38 bits per heavy atom. The second-order valence-corrected chi connectivity index (χ2v) is 4.02. The van der Waals surface area contributed by atoms with Crippen LogP contribution < -0.4 is 0 Å². The Bertz CT molecular complexity index is 339. The monoisotopic (exact) mass is 197 g/mol. The van der Waals surface area contributed by atoms with Crippen LogP contribution in [-0.4, -0.2) is 18.7 Å². The van der Waals surface area contributed by atoms with Gasteiger partial charge in [0, 0.05) is 17.8 Å². The lowest BCUT2D eigenvalue weighted by Gasteiger charge is -2.04. The fourth-order valence-electron chi connectivity index (χ4n) is 1.20. The minimum absolute atomic E-state index is 0.0828. The standard InChI is InChI=1S/C8H10N2O2S/c11-13(12)5-8-9-4-3-7(10-8)6-1-2-6/h3-4,6H,1-2,5H2,(H,11,12)/p-1. The fraction of sp³-hybridized carbons (Fsp3) is 0.500. The molecular weight excluding hydrogens is 188 g/mol. The van der Waals surface area contributed by atoms with Crippen molar-refractivity contribution in [2.24, 2.45) is 0 Å². The summed E-state index contributed by atoms with van der Waals surface area (Å²) in [5.74, 6) is 0.861. The second-order valence-electron chi connectivity index (χ2n) is 3.12. The maximum Gasteiger partial charge on any atom is 0.139 e. The highest BCUT2D eigenvalue weighted by molar-refractivity contribution is 7.78. The van der Waals surface area contributed by atoms with Crippen LogP contribution in [0, 0.1) is 0 Å². The summed E-state index contributed by atoms with van der Waals surface area (Å²) in [6.45, 7) is 0. The molecule has 1 aliphatic rings. The van der Waals surface area contributed by atoms with Crippen LogP contribution in [0.4, 0.5) is 0 Å². The van der Waals surface area contributed by atoms with E-state index in [-0.39, 0.29) is 5.75 Å². The minimum Gasteiger partial charge on any atom is -0.772 e. The number of hydrogen-bond acceptors (Lipinski definition) is 4. The van der Waals surface area contributed by atoms with Crippen molar-refractivity contribution in [2.75, 3.05) is 0 Å². The molecule has 1 aromatic heterocycles. The first-order chi connectivity index (χ1) is 6.25. The molecule has 1 saturated carbocycles. The zero-order valence-electron chi connectivity index (χ0n) is 6.97. The summed E-state index contributed by atoms with van der Waals surface area (Å²) >= 11 is -2.09. The van der Waals surface area contributed by atoms with E-state index in [2.05, 4.69) is 9.97 Å². The van der Waals surface area contributed by atoms with Crippen molar-refractivity contribution in [3.63, 3.8) is 0 Å². The zero-order chi connectivity index (χ0) is 9.26. The molecule has 0 radical (unpaired) electrons. The highest BCUT2D eigenvalue weighted by Crippen LogP contribution is 2.38. The molecular formula is C8H9N2O2S-. The Morgan fingerprint density at radius 3 is 3.00 bits per heavy atom. The first-order valence-corrected chi connectivity index (χ1v) is 5.38. The molecule has 1 aliphatic carbocycles. The number of rotatable bonds is 3. The Morgan fingerprint density at radius 1 is 1.62 bits per heavy atom. The van der Waals surface area contributed by atoms with Gasteiger partial charge in [-0.3, -0.25) is 4.21 Å². The van der Waals surface area contributed by atoms with E-state index >= 15 is 0 Å². The van der Waals surface area contributed by atoms with Gasteiger partial charge in [0.05, 0.1) is 5.75 Å². The highest BCUT2D eigenvalue weighted by atomic mass is 32.2. The first-order valence-electron chi connectivity index (χ1n) is 4.13. The summed E-state index contributed by atoms with van der Waals surface area (Å²) in [6.07, 6.45) is 3.96. The van der Waals surface area contributed by atoms with E-state index in [0.29, 0.717) is 11.7 Å². The van der Waals surface area contributed by atoms with Crippen molar-refractivity contribution in [1.82, 2.24) is 9.97 Å². The summed E-state index contributed by atoms with van der Waals surface area (Å²) in [5, 5.41) is 0. The van der Waals surface area contributed by atoms with Crippen molar-refractivity contribution in [2.45, 2.75) is 24.5 Å². The van der Waals surface area contributed by atoms with Crippen molar-refractivity contribution >= 4 is 11.1 Å². The molecule has 0 N–H and O–H groups in total. The number of aromatic nitrogens is 2. The molecule has 0 amide bonds. The van der Waals surface area contributed by atoms with E-state index in [9.17, 15) is 8.76 Å². The molecule has 13 heavy (non-hydrogen) atoms. The van der Waals surface area contributed by atoms with Crippen molar-refractivity contribution < 1.29 is 8.76 Å². The van der Waals surface area contributed by atoms with Crippen LogP contribution in [0.5, 0.6) is 0 Å². The normalized spacial score (nSPS) is 18.5. The van der Waals surface area contributed by atoms with Gasteiger partial charge < -0.3 is 4.55 Å². The Labute approximate surface area is 78.7 Å². The Hall–Kier alpha value is -0.810. The molecule has 1 atom stereocenters. The molecule has 0 saturated heterocycles. The van der Waals surface area contributed by atoms with Gasteiger partial charge >= 0.3 is 0 Å². The average Bonchev–Trinajstić information content (AvgIpc) is 2.85. The van der Waals surface area contributed by atoms with E-state index in [1.807, 2.05) is 6.07 Å². The van der Waals surface area contributed by atoms with Gasteiger partial charge in [0.15, 0.2) is 0 Å². The van der Waals surface area contributed by atoms with Crippen LogP contribution >= 0.6 is 0 Å². The van der Waals surface area contributed by atoms with Crippen molar-refractivity contribution in [3.8, 4) is 0 Å². The Balaban J connectivity index is 2.16. The van der Waals surface area contributed by atoms with Gasteiger partial charge in [-0.25, -0.2) is 9.97 Å². The predicted octanol–water partition coefficient (Wildman–Crippen LogP) is 0.733. The van der Waals surface area contributed by atoms with E-state index in [0.717, 1.165) is 18.5 Å². The van der Waals surface area contributed by atoms with Gasteiger partial charge in [0.2, 0.25) is 0 Å². The molecule has 0 aliphatic heterocycles. The molecule has 5 heteroatoms. The van der Waals surface area contributed by atoms with Gasteiger partial charge in [0.25, 0.3) is 0 Å². The van der Waals surface area contributed by atoms with Gasteiger partial charge in [-0.15, -0.1) is 0 Å². The maximum absolute atomic E-state index is 10.4. The van der Waals surface area contributed by atoms with Crippen LogP contribution in [-0.2, 0) is 16.8 Å². The van der Waals surface area contributed by atoms with E-state index in [1.165, 1.54) is 0 Å². The van der Waals surface area contributed by atoms with E-state index in [4.69, 9.17) is 0 Å². The van der Waals surface area contributed by atoms with Crippen LogP contribution in [0.1, 0.15) is 30.3 Å². The highest BCUT2D eigenvalue weighted by Gasteiger charge is 2.24.